The second kappa shape index (κ2) is 14.6. The van der Waals surface area contributed by atoms with E-state index < -0.39 is 46.4 Å². The number of hydrogen-bond donors (Lipinski definition) is 0. The Bertz CT molecular complexity index is 1030. The number of anilines is 1. The lowest BCUT2D eigenvalue weighted by molar-refractivity contribution is -0.141. The fraction of sp³-hybridized carbons (Fsp3) is 0.500. The molecule has 0 aliphatic heterocycles. The summed E-state index contributed by atoms with van der Waals surface area (Å²) in [5.74, 6) is -4.53. The maximum Gasteiger partial charge on any atom is 0.334 e. The van der Waals surface area contributed by atoms with Crippen molar-refractivity contribution >= 4 is 64.4 Å². The Morgan fingerprint density at radius 3 is 2.42 bits per heavy atom. The molecule has 0 radical (unpaired) electrons. The predicted molar refractivity (Wildman–Crippen MR) is 135 cm³/mol. The number of alkyl halides is 1. The first-order valence-electron chi connectivity index (χ1n) is 11.3. The van der Waals surface area contributed by atoms with Gasteiger partial charge in [0.15, 0.2) is 0 Å². The molecule has 0 N–H and O–H groups in total. The minimum Gasteiger partial charge on any atom is -0.468 e. The Labute approximate surface area is 223 Å². The number of thioether (sulfide) groups is 1. The summed E-state index contributed by atoms with van der Waals surface area (Å²) in [6.07, 6.45) is 1.73. The van der Waals surface area contributed by atoms with Crippen LogP contribution in [0.2, 0.25) is 5.02 Å². The largest absolute Gasteiger partial charge is 0.468 e. The highest BCUT2D eigenvalue weighted by Gasteiger charge is 2.33. The van der Waals surface area contributed by atoms with Gasteiger partial charge in [0.2, 0.25) is 5.91 Å². The van der Waals surface area contributed by atoms with Crippen molar-refractivity contribution in [2.45, 2.75) is 49.7 Å². The Morgan fingerprint density at radius 1 is 1.14 bits per heavy atom. The number of carbonyl (C=O) groups excluding carboxylic acids is 4. The van der Waals surface area contributed by atoms with Gasteiger partial charge in [-0.3, -0.25) is 14.4 Å². The van der Waals surface area contributed by atoms with Crippen molar-refractivity contribution in [3.05, 3.63) is 34.1 Å². The zero-order chi connectivity index (χ0) is 26.8. The molecule has 2 rings (SSSR count). The highest BCUT2D eigenvalue weighted by molar-refractivity contribution is 8.00. The molecule has 1 aromatic carbocycles. The van der Waals surface area contributed by atoms with E-state index in [0.717, 1.165) is 17.8 Å². The lowest BCUT2D eigenvalue weighted by Crippen LogP contribution is -2.40. The van der Waals surface area contributed by atoms with Gasteiger partial charge in [-0.2, -0.15) is 0 Å². The number of carbonyl (C=O) groups is 4. The van der Waals surface area contributed by atoms with Gasteiger partial charge in [0.05, 0.1) is 24.4 Å². The van der Waals surface area contributed by atoms with Crippen LogP contribution in [0.3, 0.4) is 0 Å². The molecule has 1 aliphatic rings. The van der Waals surface area contributed by atoms with Crippen LogP contribution < -0.4 is 4.90 Å². The zero-order valence-electron chi connectivity index (χ0n) is 20.2. The SMILES string of the molecule is CCOCCOC(=O)C1=C(C(=O)N(C(=O)CCl)c2cc(SC(C)C(=O)OC)c(Cl)cc2F)CCCC1. The summed E-state index contributed by atoms with van der Waals surface area (Å²) in [6, 6.07) is 2.15. The summed E-state index contributed by atoms with van der Waals surface area (Å²) in [4.78, 5) is 51.8. The normalized spacial score (nSPS) is 14.3. The average Bonchev–Trinajstić information content (AvgIpc) is 2.88. The van der Waals surface area contributed by atoms with E-state index in [1.165, 1.54) is 13.2 Å². The molecule has 2 amide bonds. The van der Waals surface area contributed by atoms with E-state index >= 15 is 4.39 Å². The molecule has 36 heavy (non-hydrogen) atoms. The molecule has 1 aliphatic carbocycles. The topological polar surface area (TPSA) is 99.2 Å². The van der Waals surface area contributed by atoms with Crippen LogP contribution in [-0.4, -0.2) is 61.8 Å². The highest BCUT2D eigenvalue weighted by atomic mass is 35.5. The van der Waals surface area contributed by atoms with Gasteiger partial charge in [-0.1, -0.05) is 11.6 Å². The highest BCUT2D eigenvalue weighted by Crippen LogP contribution is 2.37. The Balaban J connectivity index is 2.48. The smallest absolute Gasteiger partial charge is 0.334 e. The summed E-state index contributed by atoms with van der Waals surface area (Å²) in [7, 11) is 1.23. The molecule has 12 heteroatoms. The standard InChI is InChI=1S/C24H28Cl2FNO7S/c1-4-34-9-10-35-24(32)16-8-6-5-7-15(16)22(30)28(21(29)13-25)19-12-20(17(26)11-18(19)27)36-14(2)23(31)33-3/h11-12,14H,4-10,13H2,1-3H3. The van der Waals surface area contributed by atoms with Crippen molar-refractivity contribution in [1.29, 1.82) is 0 Å². The summed E-state index contributed by atoms with van der Waals surface area (Å²) in [5, 5.41) is -0.712. The third kappa shape index (κ3) is 7.68. The van der Waals surface area contributed by atoms with Crippen molar-refractivity contribution in [1.82, 2.24) is 0 Å². The molecule has 0 fully saturated rings. The maximum absolute atomic E-state index is 15.1. The minimum atomic E-state index is -0.945. The number of benzene rings is 1. The van der Waals surface area contributed by atoms with Crippen LogP contribution in [0.1, 0.15) is 39.5 Å². The first-order valence-corrected chi connectivity index (χ1v) is 13.1. The van der Waals surface area contributed by atoms with E-state index in [1.807, 2.05) is 0 Å². The van der Waals surface area contributed by atoms with Gasteiger partial charge in [0.25, 0.3) is 5.91 Å². The van der Waals surface area contributed by atoms with Crippen LogP contribution in [0.15, 0.2) is 28.2 Å². The Kier molecular flexibility index (Phi) is 12.2. The molecule has 0 heterocycles. The van der Waals surface area contributed by atoms with Gasteiger partial charge < -0.3 is 14.2 Å². The van der Waals surface area contributed by atoms with E-state index in [2.05, 4.69) is 0 Å². The first-order chi connectivity index (χ1) is 17.2. The van der Waals surface area contributed by atoms with Gasteiger partial charge in [0, 0.05) is 22.6 Å². The summed E-state index contributed by atoms with van der Waals surface area (Å²) >= 11 is 12.9. The monoisotopic (exact) mass is 563 g/mol. The molecular weight excluding hydrogens is 536 g/mol. The second-order valence-corrected chi connectivity index (χ2v) is 9.74. The van der Waals surface area contributed by atoms with Crippen LogP contribution in [0.5, 0.6) is 0 Å². The summed E-state index contributed by atoms with van der Waals surface area (Å²) in [5.41, 5.74) is -0.192. The van der Waals surface area contributed by atoms with Gasteiger partial charge in [-0.05, 0) is 51.7 Å². The van der Waals surface area contributed by atoms with Crippen molar-refractivity contribution in [2.75, 3.05) is 37.7 Å². The second-order valence-electron chi connectivity index (χ2n) is 7.68. The van der Waals surface area contributed by atoms with Gasteiger partial charge in [-0.25, -0.2) is 14.1 Å². The van der Waals surface area contributed by atoms with Gasteiger partial charge in [0.1, 0.15) is 23.6 Å². The molecule has 0 saturated carbocycles. The van der Waals surface area contributed by atoms with Gasteiger partial charge >= 0.3 is 11.9 Å². The molecule has 0 saturated heterocycles. The number of ether oxygens (including phenoxy) is 3. The van der Waals surface area contributed by atoms with Crippen molar-refractivity contribution < 1.29 is 37.8 Å². The number of amides is 2. The molecular formula is C24H28Cl2FNO7S. The average molecular weight is 564 g/mol. The van der Waals surface area contributed by atoms with Crippen molar-refractivity contribution in [3.63, 3.8) is 0 Å². The van der Waals surface area contributed by atoms with Crippen LogP contribution in [0.4, 0.5) is 10.1 Å². The van der Waals surface area contributed by atoms with Crippen LogP contribution in [0, 0.1) is 5.82 Å². The number of hydrogen-bond acceptors (Lipinski definition) is 8. The lowest BCUT2D eigenvalue weighted by Gasteiger charge is -2.26. The molecule has 8 nitrogen and oxygen atoms in total. The fourth-order valence-corrected chi connectivity index (χ4v) is 4.86. The van der Waals surface area contributed by atoms with Crippen LogP contribution in [-0.2, 0) is 33.4 Å². The first kappa shape index (κ1) is 30.1. The number of imide groups is 1. The van der Waals surface area contributed by atoms with Crippen LogP contribution >= 0.6 is 35.0 Å². The quantitative estimate of drug-likeness (QED) is 0.165. The number of esters is 2. The van der Waals surface area contributed by atoms with Crippen LogP contribution in [0.25, 0.3) is 0 Å². The Morgan fingerprint density at radius 2 is 1.81 bits per heavy atom. The maximum atomic E-state index is 15.1. The number of nitrogens with zero attached hydrogens (tertiary/aromatic N) is 1. The minimum absolute atomic E-state index is 0.00669. The fourth-order valence-electron chi connectivity index (χ4n) is 3.53. The number of rotatable bonds is 11. The molecule has 0 aromatic heterocycles. The summed E-state index contributed by atoms with van der Waals surface area (Å²) in [6.45, 7) is 4.05. The summed E-state index contributed by atoms with van der Waals surface area (Å²) < 4.78 is 30.2. The lowest BCUT2D eigenvalue weighted by atomic mass is 9.90. The Hall–Kier alpha value is -2.14. The molecule has 198 valence electrons. The number of halogens is 3. The van der Waals surface area contributed by atoms with E-state index in [4.69, 9.17) is 37.4 Å². The number of methoxy groups -OCH3 is 1. The third-order valence-electron chi connectivity index (χ3n) is 5.28. The molecule has 1 atom stereocenters. The zero-order valence-corrected chi connectivity index (χ0v) is 22.6. The van der Waals surface area contributed by atoms with E-state index in [-0.39, 0.29) is 47.1 Å². The van der Waals surface area contributed by atoms with Gasteiger partial charge in [-0.15, -0.1) is 23.4 Å². The predicted octanol–water partition coefficient (Wildman–Crippen LogP) is 4.68. The third-order valence-corrected chi connectivity index (χ3v) is 7.07. The molecule has 0 bridgehead atoms. The molecule has 1 unspecified atom stereocenters. The molecule has 1 aromatic rings. The van der Waals surface area contributed by atoms with Crippen molar-refractivity contribution in [2.24, 2.45) is 0 Å². The van der Waals surface area contributed by atoms with E-state index in [0.29, 0.717) is 24.3 Å². The van der Waals surface area contributed by atoms with Crippen molar-refractivity contribution in [3.8, 4) is 0 Å². The molecule has 0 spiro atoms. The van der Waals surface area contributed by atoms with E-state index in [1.54, 1.807) is 13.8 Å². The van der Waals surface area contributed by atoms with E-state index in [9.17, 15) is 19.2 Å².